The van der Waals surface area contributed by atoms with Crippen LogP contribution >= 0.6 is 0 Å². The highest BCUT2D eigenvalue weighted by Gasteiger charge is 2.30. The Morgan fingerprint density at radius 2 is 2.15 bits per heavy atom. The Morgan fingerprint density at radius 1 is 1.45 bits per heavy atom. The van der Waals surface area contributed by atoms with E-state index in [1.165, 1.54) is 0 Å². The largest absolute Gasteiger partial charge is 0.497 e. The molecule has 1 aliphatic heterocycles. The first kappa shape index (κ1) is 14.9. The molecule has 1 aliphatic rings. The number of carbonyl (C=O) groups excluding carboxylic acids is 1. The van der Waals surface area contributed by atoms with E-state index in [0.29, 0.717) is 0 Å². The van der Waals surface area contributed by atoms with Gasteiger partial charge in [-0.15, -0.1) is 0 Å². The lowest BCUT2D eigenvalue weighted by molar-refractivity contribution is -0.125. The van der Waals surface area contributed by atoms with Crippen LogP contribution in [0.1, 0.15) is 38.3 Å². The number of nitrogens with one attached hydrogen (secondary N) is 2. The first-order valence-corrected chi connectivity index (χ1v) is 7.33. The van der Waals surface area contributed by atoms with Crippen molar-refractivity contribution in [1.82, 2.24) is 10.6 Å². The summed E-state index contributed by atoms with van der Waals surface area (Å²) in [6, 6.07) is 8.24. The second-order valence-corrected chi connectivity index (χ2v) is 5.38. The van der Waals surface area contributed by atoms with Crippen LogP contribution in [0.15, 0.2) is 24.3 Å². The van der Waals surface area contributed by atoms with Gasteiger partial charge in [0.15, 0.2) is 0 Å². The highest BCUT2D eigenvalue weighted by atomic mass is 16.5. The summed E-state index contributed by atoms with van der Waals surface area (Å²) < 4.78 is 5.16. The zero-order chi connectivity index (χ0) is 14.5. The van der Waals surface area contributed by atoms with Crippen LogP contribution in [0.5, 0.6) is 5.75 Å². The van der Waals surface area contributed by atoms with Gasteiger partial charge in [0.25, 0.3) is 0 Å². The maximum atomic E-state index is 12.3. The molecule has 1 aromatic carbocycles. The molecule has 0 aromatic heterocycles. The molecule has 4 heteroatoms. The second-order valence-electron chi connectivity index (χ2n) is 5.38. The summed E-state index contributed by atoms with van der Waals surface area (Å²) >= 11 is 0. The minimum absolute atomic E-state index is 0.0706. The molecule has 3 unspecified atom stereocenters. The van der Waals surface area contributed by atoms with E-state index in [1.54, 1.807) is 7.11 Å². The molecule has 0 radical (unpaired) electrons. The second kappa shape index (κ2) is 6.75. The van der Waals surface area contributed by atoms with Crippen molar-refractivity contribution in [1.29, 1.82) is 0 Å². The molecule has 4 nitrogen and oxygen atoms in total. The fourth-order valence-corrected chi connectivity index (χ4v) is 2.75. The van der Waals surface area contributed by atoms with Crippen molar-refractivity contribution in [2.45, 2.75) is 38.8 Å². The standard InChI is InChI=1S/C16H24N2O2/c1-4-15(12-5-7-13(20-3)8-6-12)18-16(19)14-9-10-17-11(14)2/h5-8,11,14-15,17H,4,9-10H2,1-3H3,(H,18,19). The third kappa shape index (κ3) is 3.31. The number of hydrogen-bond acceptors (Lipinski definition) is 3. The van der Waals surface area contributed by atoms with Crippen LogP contribution in [-0.4, -0.2) is 25.6 Å². The minimum Gasteiger partial charge on any atom is -0.497 e. The summed E-state index contributed by atoms with van der Waals surface area (Å²) in [5, 5.41) is 6.49. The van der Waals surface area contributed by atoms with Crippen LogP contribution < -0.4 is 15.4 Å². The Morgan fingerprint density at radius 3 is 2.65 bits per heavy atom. The van der Waals surface area contributed by atoms with Gasteiger partial charge in [-0.3, -0.25) is 4.79 Å². The Bertz CT molecular complexity index is 444. The predicted octanol–water partition coefficient (Wildman–Crippen LogP) is 2.26. The summed E-state index contributed by atoms with van der Waals surface area (Å²) in [5.74, 6) is 1.08. The number of ether oxygens (including phenoxy) is 1. The molecular formula is C16H24N2O2. The zero-order valence-electron chi connectivity index (χ0n) is 12.5. The molecule has 0 aliphatic carbocycles. The van der Waals surface area contributed by atoms with Gasteiger partial charge in [0.05, 0.1) is 19.1 Å². The van der Waals surface area contributed by atoms with Gasteiger partial charge in [-0.2, -0.15) is 0 Å². The summed E-state index contributed by atoms with van der Waals surface area (Å²) in [6.07, 6.45) is 1.80. The maximum Gasteiger partial charge on any atom is 0.225 e. The van der Waals surface area contributed by atoms with Crippen molar-refractivity contribution >= 4 is 5.91 Å². The Hall–Kier alpha value is -1.55. The average molecular weight is 276 g/mol. The van der Waals surface area contributed by atoms with Crippen LogP contribution in [0, 0.1) is 5.92 Å². The van der Waals surface area contributed by atoms with E-state index in [9.17, 15) is 4.79 Å². The normalized spacial score (nSPS) is 23.4. The smallest absolute Gasteiger partial charge is 0.225 e. The summed E-state index contributed by atoms with van der Waals surface area (Å²) in [4.78, 5) is 12.3. The number of methoxy groups -OCH3 is 1. The monoisotopic (exact) mass is 276 g/mol. The van der Waals surface area contributed by atoms with Gasteiger partial charge in [-0.25, -0.2) is 0 Å². The Kier molecular flexibility index (Phi) is 5.01. The maximum absolute atomic E-state index is 12.3. The van der Waals surface area contributed by atoms with E-state index in [-0.39, 0.29) is 23.9 Å². The highest BCUT2D eigenvalue weighted by molar-refractivity contribution is 5.80. The lowest BCUT2D eigenvalue weighted by Gasteiger charge is -2.22. The molecule has 0 bridgehead atoms. The third-order valence-corrected chi connectivity index (χ3v) is 4.10. The van der Waals surface area contributed by atoms with Crippen molar-refractivity contribution in [3.63, 3.8) is 0 Å². The van der Waals surface area contributed by atoms with Gasteiger partial charge in [-0.1, -0.05) is 19.1 Å². The van der Waals surface area contributed by atoms with E-state index in [0.717, 1.165) is 30.7 Å². The molecule has 0 saturated carbocycles. The molecule has 2 rings (SSSR count). The fourth-order valence-electron chi connectivity index (χ4n) is 2.75. The molecule has 0 spiro atoms. The van der Waals surface area contributed by atoms with Gasteiger partial charge < -0.3 is 15.4 Å². The number of carbonyl (C=O) groups is 1. The van der Waals surface area contributed by atoms with E-state index >= 15 is 0 Å². The number of hydrogen-bond donors (Lipinski definition) is 2. The summed E-state index contributed by atoms with van der Waals surface area (Å²) in [6.45, 7) is 5.09. The van der Waals surface area contributed by atoms with Gasteiger partial charge in [0.1, 0.15) is 5.75 Å². The molecular weight excluding hydrogens is 252 g/mol. The van der Waals surface area contributed by atoms with Gasteiger partial charge in [0.2, 0.25) is 5.91 Å². The van der Waals surface area contributed by atoms with Crippen LogP contribution in [-0.2, 0) is 4.79 Å². The molecule has 110 valence electrons. The van der Waals surface area contributed by atoms with Crippen LogP contribution in [0.2, 0.25) is 0 Å². The number of amides is 1. The van der Waals surface area contributed by atoms with E-state index in [4.69, 9.17) is 4.74 Å². The molecule has 2 N–H and O–H groups in total. The molecule has 1 fully saturated rings. The zero-order valence-corrected chi connectivity index (χ0v) is 12.5. The minimum atomic E-state index is 0.0706. The lowest BCUT2D eigenvalue weighted by atomic mass is 9.98. The molecule has 3 atom stereocenters. The van der Waals surface area contributed by atoms with E-state index in [1.807, 2.05) is 24.3 Å². The lowest BCUT2D eigenvalue weighted by Crippen LogP contribution is -2.38. The highest BCUT2D eigenvalue weighted by Crippen LogP contribution is 2.22. The van der Waals surface area contributed by atoms with Crippen molar-refractivity contribution in [2.24, 2.45) is 5.92 Å². The van der Waals surface area contributed by atoms with Crippen LogP contribution in [0.25, 0.3) is 0 Å². The van der Waals surface area contributed by atoms with E-state index < -0.39 is 0 Å². The first-order valence-electron chi connectivity index (χ1n) is 7.33. The van der Waals surface area contributed by atoms with Crippen molar-refractivity contribution in [3.8, 4) is 5.75 Å². The first-order chi connectivity index (χ1) is 9.65. The Labute approximate surface area is 120 Å². The van der Waals surface area contributed by atoms with Crippen molar-refractivity contribution in [2.75, 3.05) is 13.7 Å². The molecule has 1 amide bonds. The molecule has 1 aromatic rings. The van der Waals surface area contributed by atoms with Crippen LogP contribution in [0.4, 0.5) is 0 Å². The third-order valence-electron chi connectivity index (χ3n) is 4.10. The van der Waals surface area contributed by atoms with Crippen molar-refractivity contribution < 1.29 is 9.53 Å². The van der Waals surface area contributed by atoms with E-state index in [2.05, 4.69) is 24.5 Å². The fraction of sp³-hybridized carbons (Fsp3) is 0.562. The SMILES string of the molecule is CCC(NC(=O)C1CCNC1C)c1ccc(OC)cc1. The summed E-state index contributed by atoms with van der Waals surface area (Å²) in [7, 11) is 1.66. The predicted molar refractivity (Wildman–Crippen MR) is 79.7 cm³/mol. The molecule has 1 heterocycles. The molecule has 1 saturated heterocycles. The topological polar surface area (TPSA) is 50.4 Å². The summed E-state index contributed by atoms with van der Waals surface area (Å²) in [5.41, 5.74) is 1.13. The van der Waals surface area contributed by atoms with Gasteiger partial charge in [0, 0.05) is 6.04 Å². The Balaban J connectivity index is 2.02. The number of rotatable bonds is 5. The molecule has 20 heavy (non-hydrogen) atoms. The van der Waals surface area contributed by atoms with Crippen LogP contribution in [0.3, 0.4) is 0 Å². The quantitative estimate of drug-likeness (QED) is 0.867. The van der Waals surface area contributed by atoms with Gasteiger partial charge in [-0.05, 0) is 44.0 Å². The average Bonchev–Trinajstić information content (AvgIpc) is 2.91. The van der Waals surface area contributed by atoms with Gasteiger partial charge >= 0.3 is 0 Å². The number of benzene rings is 1. The van der Waals surface area contributed by atoms with Crippen molar-refractivity contribution in [3.05, 3.63) is 29.8 Å².